The predicted octanol–water partition coefficient (Wildman–Crippen LogP) is 1.07. The number of rotatable bonds is 2. The molecule has 0 atom stereocenters. The quantitative estimate of drug-likeness (QED) is 0.306. The van der Waals surface area contributed by atoms with Gasteiger partial charge in [0.25, 0.3) is 0 Å². The summed E-state index contributed by atoms with van der Waals surface area (Å²) in [7, 11) is 1.53. The molecule has 5 N–H and O–H groups in total. The van der Waals surface area contributed by atoms with Gasteiger partial charge in [-0.05, 0) is 18.6 Å². The average molecular weight is 229 g/mol. The maximum atomic E-state index is 5.93. The number of aryl methyl sites for hydroxylation is 1. The number of methoxy groups -OCH3 is 1. The summed E-state index contributed by atoms with van der Waals surface area (Å²) in [4.78, 5) is 4.02. The maximum absolute atomic E-state index is 5.93. The highest BCUT2D eigenvalue weighted by molar-refractivity contribution is 6.31. The molecule has 0 aliphatic carbocycles. The van der Waals surface area contributed by atoms with Gasteiger partial charge in [-0.2, -0.15) is 0 Å². The van der Waals surface area contributed by atoms with Gasteiger partial charge >= 0.3 is 0 Å². The molecule has 0 aliphatic rings. The number of nitrogens with one attached hydrogen (secondary N) is 1. The van der Waals surface area contributed by atoms with Crippen LogP contribution in [0.3, 0.4) is 0 Å². The second-order valence-corrected chi connectivity index (χ2v) is 3.32. The number of ether oxygens (including phenoxy) is 1. The molecule has 0 aromatic heterocycles. The summed E-state index contributed by atoms with van der Waals surface area (Å²) in [5, 5.41) is 0.616. The van der Waals surface area contributed by atoms with E-state index in [9.17, 15) is 0 Å². The van der Waals surface area contributed by atoms with Crippen molar-refractivity contribution in [1.29, 1.82) is 0 Å². The van der Waals surface area contributed by atoms with Crippen LogP contribution in [-0.4, -0.2) is 13.1 Å². The molecule has 15 heavy (non-hydrogen) atoms. The van der Waals surface area contributed by atoms with Crippen LogP contribution in [0.1, 0.15) is 5.56 Å². The van der Waals surface area contributed by atoms with Gasteiger partial charge in [0, 0.05) is 11.1 Å². The Hall–Kier alpha value is -1.46. The van der Waals surface area contributed by atoms with Crippen molar-refractivity contribution >= 4 is 23.2 Å². The lowest BCUT2D eigenvalue weighted by Crippen LogP contribution is -2.36. The Bertz CT molecular complexity index is 392. The average Bonchev–Trinajstić information content (AvgIpc) is 2.22. The third-order valence-corrected chi connectivity index (χ3v) is 2.26. The number of hydrazine groups is 1. The fourth-order valence-corrected chi connectivity index (χ4v) is 1.21. The molecular weight excluding hydrogens is 216 g/mol. The van der Waals surface area contributed by atoms with Gasteiger partial charge in [0.15, 0.2) is 0 Å². The number of benzene rings is 1. The van der Waals surface area contributed by atoms with Crippen LogP contribution in [0.15, 0.2) is 17.1 Å². The van der Waals surface area contributed by atoms with E-state index in [2.05, 4.69) is 10.4 Å². The number of aliphatic imine (C=N–C) groups is 1. The lowest BCUT2D eigenvalue weighted by molar-refractivity contribution is 0.416. The molecule has 1 rings (SSSR count). The van der Waals surface area contributed by atoms with Crippen molar-refractivity contribution < 1.29 is 4.74 Å². The minimum Gasteiger partial charge on any atom is -0.494 e. The Kier molecular flexibility index (Phi) is 3.76. The SMILES string of the molecule is COc1cc(Cl)c(C)cc1N=C(N)NN. The standard InChI is InChI=1S/C9H13ClN4O/c1-5-3-7(13-9(11)14-12)8(15-2)4-6(5)10/h3-4H,12H2,1-2H3,(H3,11,13,14). The smallest absolute Gasteiger partial charge is 0.208 e. The molecular formula is C9H13ClN4O. The number of nitrogens with two attached hydrogens (primary N) is 2. The Morgan fingerprint density at radius 1 is 1.53 bits per heavy atom. The van der Waals surface area contributed by atoms with Crippen LogP contribution in [0.5, 0.6) is 5.75 Å². The van der Waals surface area contributed by atoms with E-state index in [0.29, 0.717) is 16.5 Å². The molecule has 1 aromatic carbocycles. The van der Waals surface area contributed by atoms with Crippen molar-refractivity contribution in [2.75, 3.05) is 7.11 Å². The summed E-state index contributed by atoms with van der Waals surface area (Å²) < 4.78 is 5.11. The zero-order valence-electron chi connectivity index (χ0n) is 8.54. The maximum Gasteiger partial charge on any atom is 0.208 e. The van der Waals surface area contributed by atoms with Crippen LogP contribution >= 0.6 is 11.6 Å². The van der Waals surface area contributed by atoms with Crippen LogP contribution in [0.25, 0.3) is 0 Å². The van der Waals surface area contributed by atoms with Gasteiger partial charge in [-0.3, -0.25) is 5.43 Å². The second-order valence-electron chi connectivity index (χ2n) is 2.91. The van der Waals surface area contributed by atoms with Crippen LogP contribution < -0.4 is 21.7 Å². The summed E-state index contributed by atoms with van der Waals surface area (Å²) >= 11 is 5.93. The van der Waals surface area contributed by atoms with Crippen LogP contribution in [0, 0.1) is 6.92 Å². The van der Waals surface area contributed by atoms with Crippen molar-refractivity contribution in [3.63, 3.8) is 0 Å². The molecule has 0 amide bonds. The van der Waals surface area contributed by atoms with E-state index >= 15 is 0 Å². The fraction of sp³-hybridized carbons (Fsp3) is 0.222. The Balaban J connectivity index is 3.22. The van der Waals surface area contributed by atoms with Gasteiger partial charge in [-0.15, -0.1) is 0 Å². The first-order valence-corrected chi connectivity index (χ1v) is 4.61. The number of nitrogens with zero attached hydrogens (tertiary/aromatic N) is 1. The molecule has 0 saturated heterocycles. The molecule has 0 radical (unpaired) electrons. The van der Waals surface area contributed by atoms with E-state index in [1.54, 1.807) is 12.1 Å². The van der Waals surface area contributed by atoms with Crippen LogP contribution in [0.4, 0.5) is 5.69 Å². The fourth-order valence-electron chi connectivity index (χ4n) is 1.06. The van der Waals surface area contributed by atoms with Crippen molar-refractivity contribution in [3.05, 3.63) is 22.7 Å². The predicted molar refractivity (Wildman–Crippen MR) is 61.3 cm³/mol. The van der Waals surface area contributed by atoms with Crippen molar-refractivity contribution in [1.82, 2.24) is 5.43 Å². The van der Waals surface area contributed by atoms with Gasteiger partial charge in [-0.25, -0.2) is 10.8 Å². The number of halogens is 1. The molecule has 1 aromatic rings. The first-order valence-electron chi connectivity index (χ1n) is 4.23. The van der Waals surface area contributed by atoms with Gasteiger partial charge in [0.1, 0.15) is 11.4 Å². The third kappa shape index (κ3) is 2.74. The molecule has 6 heteroatoms. The summed E-state index contributed by atoms with van der Waals surface area (Å²) in [6, 6.07) is 3.45. The minimum atomic E-state index is 0.107. The molecule has 0 aliphatic heterocycles. The van der Waals surface area contributed by atoms with E-state index in [1.807, 2.05) is 6.92 Å². The summed E-state index contributed by atoms with van der Waals surface area (Å²) in [6.45, 7) is 1.87. The number of guanidine groups is 1. The van der Waals surface area contributed by atoms with E-state index < -0.39 is 0 Å². The molecule has 0 heterocycles. The summed E-state index contributed by atoms with van der Waals surface area (Å²) in [5.41, 5.74) is 9.15. The molecule has 5 nitrogen and oxygen atoms in total. The van der Waals surface area contributed by atoms with Gasteiger partial charge in [-0.1, -0.05) is 11.6 Å². The van der Waals surface area contributed by atoms with Gasteiger partial charge in [0.2, 0.25) is 5.96 Å². The van der Waals surface area contributed by atoms with Crippen molar-refractivity contribution in [2.45, 2.75) is 6.92 Å². The highest BCUT2D eigenvalue weighted by Gasteiger charge is 2.06. The highest BCUT2D eigenvalue weighted by atomic mass is 35.5. The molecule has 0 spiro atoms. The van der Waals surface area contributed by atoms with Crippen molar-refractivity contribution in [2.24, 2.45) is 16.6 Å². The highest BCUT2D eigenvalue weighted by Crippen LogP contribution is 2.32. The van der Waals surface area contributed by atoms with Gasteiger partial charge < -0.3 is 10.5 Å². The monoisotopic (exact) mass is 228 g/mol. The van der Waals surface area contributed by atoms with Crippen LogP contribution in [-0.2, 0) is 0 Å². The van der Waals surface area contributed by atoms with Crippen molar-refractivity contribution in [3.8, 4) is 5.75 Å². The molecule has 0 fully saturated rings. The topological polar surface area (TPSA) is 85.7 Å². The Morgan fingerprint density at radius 2 is 2.20 bits per heavy atom. The zero-order chi connectivity index (χ0) is 11.4. The third-order valence-electron chi connectivity index (χ3n) is 1.85. The molecule has 0 unspecified atom stereocenters. The lowest BCUT2D eigenvalue weighted by Gasteiger charge is -2.08. The molecule has 0 saturated carbocycles. The molecule has 0 bridgehead atoms. The second kappa shape index (κ2) is 4.86. The molecule has 82 valence electrons. The van der Waals surface area contributed by atoms with E-state index in [-0.39, 0.29) is 5.96 Å². The zero-order valence-corrected chi connectivity index (χ0v) is 9.30. The summed E-state index contributed by atoms with van der Waals surface area (Å²) in [5.74, 6) is 5.76. The Labute approximate surface area is 93.0 Å². The Morgan fingerprint density at radius 3 is 2.73 bits per heavy atom. The largest absolute Gasteiger partial charge is 0.494 e. The minimum absolute atomic E-state index is 0.107. The van der Waals surface area contributed by atoms with Gasteiger partial charge in [0.05, 0.1) is 7.11 Å². The first-order chi connectivity index (χ1) is 7.08. The first kappa shape index (κ1) is 11.6. The van der Waals surface area contributed by atoms with E-state index in [0.717, 1.165) is 5.56 Å². The number of hydrogen-bond acceptors (Lipinski definition) is 3. The van der Waals surface area contributed by atoms with Crippen LogP contribution in [0.2, 0.25) is 5.02 Å². The normalized spacial score (nSPS) is 11.3. The van der Waals surface area contributed by atoms with E-state index in [4.69, 9.17) is 27.9 Å². The number of hydrogen-bond donors (Lipinski definition) is 3. The lowest BCUT2D eigenvalue weighted by atomic mass is 10.2. The summed E-state index contributed by atoms with van der Waals surface area (Å²) in [6.07, 6.45) is 0. The van der Waals surface area contributed by atoms with E-state index in [1.165, 1.54) is 7.11 Å².